The zero-order valence-corrected chi connectivity index (χ0v) is 13.6. The Morgan fingerprint density at radius 3 is 2.70 bits per heavy atom. The molecule has 1 aliphatic rings. The number of hydrogen-bond donors (Lipinski definition) is 0. The minimum Gasteiger partial charge on any atom is -0.443 e. The van der Waals surface area contributed by atoms with E-state index in [9.17, 15) is 14.9 Å². The van der Waals surface area contributed by atoms with Gasteiger partial charge in [0.25, 0.3) is 5.69 Å². The van der Waals surface area contributed by atoms with Gasteiger partial charge in [0.05, 0.1) is 14.5 Å². The SMILES string of the molecule is CC(C)(C)OC(=O)N1CC(I)c2cc([N+](=O)[O-])ccc21. The van der Waals surface area contributed by atoms with Gasteiger partial charge < -0.3 is 4.74 Å². The minimum absolute atomic E-state index is 0.0232. The molecule has 1 unspecified atom stereocenters. The number of ether oxygens (including phenoxy) is 1. The van der Waals surface area contributed by atoms with Gasteiger partial charge in [-0.3, -0.25) is 15.0 Å². The topological polar surface area (TPSA) is 72.7 Å². The molecule has 0 radical (unpaired) electrons. The number of carbonyl (C=O) groups excluding carboxylic acids is 1. The number of nitro groups is 1. The first-order valence-electron chi connectivity index (χ1n) is 6.12. The predicted molar refractivity (Wildman–Crippen MR) is 83.4 cm³/mol. The number of hydrogen-bond acceptors (Lipinski definition) is 4. The molecule has 1 aromatic carbocycles. The Hall–Kier alpha value is -1.38. The standard InChI is InChI=1S/C13H15IN2O4/c1-13(2,3)20-12(17)15-7-10(14)9-6-8(16(18)19)4-5-11(9)15/h4-6,10H,7H2,1-3H3. The highest BCUT2D eigenvalue weighted by Crippen LogP contribution is 2.42. The first kappa shape index (κ1) is 15.0. The molecule has 1 atom stereocenters. The maximum absolute atomic E-state index is 12.2. The van der Waals surface area contributed by atoms with Crippen molar-refractivity contribution in [2.75, 3.05) is 11.4 Å². The fourth-order valence-electron chi connectivity index (χ4n) is 2.00. The summed E-state index contributed by atoms with van der Waals surface area (Å²) in [7, 11) is 0. The van der Waals surface area contributed by atoms with Crippen LogP contribution in [0.4, 0.5) is 16.2 Å². The Bertz CT molecular complexity index is 568. The summed E-state index contributed by atoms with van der Waals surface area (Å²) >= 11 is 2.18. The number of amides is 1. The van der Waals surface area contributed by atoms with Crippen LogP contribution in [-0.2, 0) is 4.74 Å². The van der Waals surface area contributed by atoms with Gasteiger partial charge in [0.1, 0.15) is 5.60 Å². The summed E-state index contributed by atoms with van der Waals surface area (Å²) in [6, 6.07) is 4.54. The molecule has 0 saturated heterocycles. The number of nitrogens with zero attached hydrogens (tertiary/aromatic N) is 2. The van der Waals surface area contributed by atoms with Gasteiger partial charge in [-0.25, -0.2) is 4.79 Å². The number of alkyl halides is 1. The Morgan fingerprint density at radius 2 is 2.15 bits per heavy atom. The zero-order valence-electron chi connectivity index (χ0n) is 11.4. The van der Waals surface area contributed by atoms with E-state index < -0.39 is 16.6 Å². The summed E-state index contributed by atoms with van der Waals surface area (Å²) in [6.45, 7) is 5.88. The summed E-state index contributed by atoms with van der Waals surface area (Å²) in [6.07, 6.45) is -0.424. The van der Waals surface area contributed by atoms with Crippen molar-refractivity contribution in [3.63, 3.8) is 0 Å². The molecule has 0 bridgehead atoms. The van der Waals surface area contributed by atoms with Crippen LogP contribution in [0, 0.1) is 10.1 Å². The molecule has 108 valence electrons. The van der Waals surface area contributed by atoms with Crippen LogP contribution in [0.15, 0.2) is 18.2 Å². The van der Waals surface area contributed by atoms with E-state index in [1.165, 1.54) is 17.0 Å². The molecular formula is C13H15IN2O4. The van der Waals surface area contributed by atoms with Crippen molar-refractivity contribution in [2.24, 2.45) is 0 Å². The molecule has 1 amide bonds. The fraction of sp³-hybridized carbons (Fsp3) is 0.462. The van der Waals surface area contributed by atoms with Gasteiger partial charge >= 0.3 is 6.09 Å². The van der Waals surface area contributed by atoms with E-state index in [-0.39, 0.29) is 9.61 Å². The summed E-state index contributed by atoms with van der Waals surface area (Å²) in [5.74, 6) is 0. The molecule has 0 spiro atoms. The van der Waals surface area contributed by atoms with Crippen LogP contribution in [0.3, 0.4) is 0 Å². The summed E-state index contributed by atoms with van der Waals surface area (Å²) < 4.78 is 5.38. The average molecular weight is 390 g/mol. The summed E-state index contributed by atoms with van der Waals surface area (Å²) in [5.41, 5.74) is 0.952. The number of fused-ring (bicyclic) bond motifs is 1. The van der Waals surface area contributed by atoms with Gasteiger partial charge in [-0.1, -0.05) is 22.6 Å². The van der Waals surface area contributed by atoms with Crippen molar-refractivity contribution < 1.29 is 14.5 Å². The molecule has 7 heteroatoms. The fourth-order valence-corrected chi connectivity index (χ4v) is 2.89. The summed E-state index contributed by atoms with van der Waals surface area (Å²) in [5, 5.41) is 10.8. The third-order valence-corrected chi connectivity index (χ3v) is 3.87. The monoisotopic (exact) mass is 390 g/mol. The number of rotatable bonds is 1. The number of benzene rings is 1. The normalized spacial score (nSPS) is 17.8. The summed E-state index contributed by atoms with van der Waals surface area (Å²) in [4.78, 5) is 24.1. The Kier molecular flexibility index (Phi) is 3.90. The molecule has 0 N–H and O–H groups in total. The van der Waals surface area contributed by atoms with E-state index in [1.54, 1.807) is 26.8 Å². The van der Waals surface area contributed by atoms with Crippen molar-refractivity contribution in [1.29, 1.82) is 0 Å². The van der Waals surface area contributed by atoms with Crippen molar-refractivity contribution in [3.8, 4) is 0 Å². The van der Waals surface area contributed by atoms with E-state index in [0.717, 1.165) is 5.56 Å². The van der Waals surface area contributed by atoms with Crippen LogP contribution < -0.4 is 4.90 Å². The third kappa shape index (κ3) is 3.02. The van der Waals surface area contributed by atoms with Gasteiger partial charge in [-0.05, 0) is 32.4 Å². The first-order chi connectivity index (χ1) is 9.19. The quantitative estimate of drug-likeness (QED) is 0.316. The molecule has 6 nitrogen and oxygen atoms in total. The molecular weight excluding hydrogens is 375 g/mol. The predicted octanol–water partition coefficient (Wildman–Crippen LogP) is 3.83. The second kappa shape index (κ2) is 5.19. The Labute approximate surface area is 130 Å². The van der Waals surface area contributed by atoms with Gasteiger partial charge in [-0.2, -0.15) is 0 Å². The molecule has 0 aliphatic carbocycles. The minimum atomic E-state index is -0.568. The van der Waals surface area contributed by atoms with Crippen molar-refractivity contribution >= 4 is 40.1 Å². The van der Waals surface area contributed by atoms with Crippen LogP contribution in [0.2, 0.25) is 0 Å². The van der Waals surface area contributed by atoms with Crippen molar-refractivity contribution in [2.45, 2.75) is 30.3 Å². The van der Waals surface area contributed by atoms with Crippen LogP contribution in [-0.4, -0.2) is 23.2 Å². The molecule has 1 aromatic rings. The maximum atomic E-state index is 12.2. The van der Waals surface area contributed by atoms with Crippen LogP contribution in [0.5, 0.6) is 0 Å². The molecule has 0 aromatic heterocycles. The van der Waals surface area contributed by atoms with Crippen molar-refractivity contribution in [3.05, 3.63) is 33.9 Å². The number of carbonyl (C=O) groups is 1. The maximum Gasteiger partial charge on any atom is 0.414 e. The highest BCUT2D eigenvalue weighted by atomic mass is 127. The first-order valence-corrected chi connectivity index (χ1v) is 7.36. The molecule has 1 aliphatic heterocycles. The highest BCUT2D eigenvalue weighted by molar-refractivity contribution is 14.1. The van der Waals surface area contributed by atoms with E-state index in [0.29, 0.717) is 12.2 Å². The smallest absolute Gasteiger partial charge is 0.414 e. The molecule has 0 fully saturated rings. The van der Waals surface area contributed by atoms with E-state index in [2.05, 4.69) is 22.6 Å². The van der Waals surface area contributed by atoms with Gasteiger partial charge in [0, 0.05) is 18.7 Å². The number of anilines is 1. The number of nitro benzene ring substituents is 1. The molecule has 2 rings (SSSR count). The zero-order chi connectivity index (χ0) is 15.1. The number of halogens is 1. The van der Waals surface area contributed by atoms with Crippen LogP contribution in [0.25, 0.3) is 0 Å². The van der Waals surface area contributed by atoms with Gasteiger partial charge in [-0.15, -0.1) is 0 Å². The Balaban J connectivity index is 2.31. The second-order valence-corrected chi connectivity index (χ2v) is 7.06. The largest absolute Gasteiger partial charge is 0.443 e. The molecule has 20 heavy (non-hydrogen) atoms. The van der Waals surface area contributed by atoms with E-state index >= 15 is 0 Å². The lowest BCUT2D eigenvalue weighted by molar-refractivity contribution is -0.384. The number of non-ortho nitro benzene ring substituents is 1. The molecule has 0 saturated carbocycles. The lowest BCUT2D eigenvalue weighted by atomic mass is 10.1. The Morgan fingerprint density at radius 1 is 1.50 bits per heavy atom. The molecule has 1 heterocycles. The van der Waals surface area contributed by atoms with Gasteiger partial charge in [0.2, 0.25) is 0 Å². The van der Waals surface area contributed by atoms with E-state index in [1.807, 2.05) is 0 Å². The highest BCUT2D eigenvalue weighted by Gasteiger charge is 2.34. The lowest BCUT2D eigenvalue weighted by Crippen LogP contribution is -2.35. The lowest BCUT2D eigenvalue weighted by Gasteiger charge is -2.24. The van der Waals surface area contributed by atoms with Crippen molar-refractivity contribution in [1.82, 2.24) is 0 Å². The third-order valence-electron chi connectivity index (χ3n) is 2.81. The van der Waals surface area contributed by atoms with E-state index in [4.69, 9.17) is 4.74 Å². The van der Waals surface area contributed by atoms with Gasteiger partial charge in [0.15, 0.2) is 0 Å². The average Bonchev–Trinajstić information content (AvgIpc) is 2.64. The second-order valence-electron chi connectivity index (χ2n) is 5.56. The van der Waals surface area contributed by atoms with Crippen LogP contribution in [0.1, 0.15) is 30.3 Å². The van der Waals surface area contributed by atoms with Crippen LogP contribution >= 0.6 is 22.6 Å².